The predicted octanol–water partition coefficient (Wildman–Crippen LogP) is 1.98. The summed E-state index contributed by atoms with van der Waals surface area (Å²) in [6.07, 6.45) is 5.48. The SMILES string of the molecule is O=C(c1ccc(N2CCOCC2)nc1)N1CCC(c2nnc3ccccn23)CC1. The Kier molecular flexibility index (Phi) is 4.85. The second kappa shape index (κ2) is 7.79. The molecule has 0 aromatic carbocycles. The molecule has 3 aromatic heterocycles. The maximum absolute atomic E-state index is 12.9. The van der Waals surface area contributed by atoms with Gasteiger partial charge in [0.25, 0.3) is 5.91 Å². The molecule has 0 aliphatic carbocycles. The largest absolute Gasteiger partial charge is 0.378 e. The summed E-state index contributed by atoms with van der Waals surface area (Å²) in [5.41, 5.74) is 1.51. The highest BCUT2D eigenvalue weighted by Crippen LogP contribution is 2.28. The lowest BCUT2D eigenvalue weighted by atomic mass is 9.95. The van der Waals surface area contributed by atoms with Crippen molar-refractivity contribution in [3.8, 4) is 0 Å². The Morgan fingerprint density at radius 1 is 1.00 bits per heavy atom. The fourth-order valence-electron chi connectivity index (χ4n) is 4.15. The summed E-state index contributed by atoms with van der Waals surface area (Å²) in [4.78, 5) is 21.5. The van der Waals surface area contributed by atoms with E-state index in [2.05, 4.69) is 24.5 Å². The minimum Gasteiger partial charge on any atom is -0.378 e. The third-order valence-corrected chi connectivity index (χ3v) is 5.82. The van der Waals surface area contributed by atoms with Gasteiger partial charge in [-0.15, -0.1) is 10.2 Å². The van der Waals surface area contributed by atoms with Gasteiger partial charge in [0.2, 0.25) is 0 Å². The number of rotatable bonds is 3. The number of carbonyl (C=O) groups is 1. The van der Waals surface area contributed by atoms with Crippen molar-refractivity contribution in [1.82, 2.24) is 24.5 Å². The number of ether oxygens (including phenoxy) is 1. The molecule has 150 valence electrons. The highest BCUT2D eigenvalue weighted by atomic mass is 16.5. The third-order valence-electron chi connectivity index (χ3n) is 5.82. The number of amides is 1. The lowest BCUT2D eigenvalue weighted by molar-refractivity contribution is 0.0710. The van der Waals surface area contributed by atoms with Gasteiger partial charge in [-0.1, -0.05) is 6.07 Å². The molecule has 2 aliphatic heterocycles. The van der Waals surface area contributed by atoms with Gasteiger partial charge in [-0.05, 0) is 37.1 Å². The molecule has 5 heterocycles. The van der Waals surface area contributed by atoms with Gasteiger partial charge in [0.15, 0.2) is 5.65 Å². The minimum absolute atomic E-state index is 0.0515. The Morgan fingerprint density at radius 2 is 1.83 bits per heavy atom. The van der Waals surface area contributed by atoms with Gasteiger partial charge in [0.1, 0.15) is 11.6 Å². The first-order valence-electron chi connectivity index (χ1n) is 10.2. The van der Waals surface area contributed by atoms with Crippen LogP contribution in [0.2, 0.25) is 0 Å². The van der Waals surface area contributed by atoms with Crippen molar-refractivity contribution in [3.05, 3.63) is 54.1 Å². The first kappa shape index (κ1) is 18.1. The maximum Gasteiger partial charge on any atom is 0.255 e. The van der Waals surface area contributed by atoms with E-state index in [4.69, 9.17) is 4.74 Å². The van der Waals surface area contributed by atoms with Crippen LogP contribution >= 0.6 is 0 Å². The van der Waals surface area contributed by atoms with Crippen molar-refractivity contribution in [2.45, 2.75) is 18.8 Å². The highest BCUT2D eigenvalue weighted by Gasteiger charge is 2.27. The van der Waals surface area contributed by atoms with Crippen LogP contribution in [-0.4, -0.2) is 69.8 Å². The molecule has 29 heavy (non-hydrogen) atoms. The standard InChI is InChI=1S/C21H24N6O2/c28-21(17-4-5-18(22-15-17)25-11-13-29-14-12-25)26-9-6-16(7-10-26)20-24-23-19-3-1-2-8-27(19)20/h1-5,8,15-16H,6-7,9-14H2. The van der Waals surface area contributed by atoms with Crippen LogP contribution in [0.25, 0.3) is 5.65 Å². The van der Waals surface area contributed by atoms with Crippen LogP contribution in [0.1, 0.15) is 34.9 Å². The summed E-state index contributed by atoms with van der Waals surface area (Å²) < 4.78 is 7.43. The Balaban J connectivity index is 1.23. The molecule has 5 rings (SSSR count). The van der Waals surface area contributed by atoms with Crippen molar-refractivity contribution >= 4 is 17.4 Å². The molecule has 0 radical (unpaired) electrons. The van der Waals surface area contributed by atoms with E-state index in [1.165, 1.54) is 0 Å². The topological polar surface area (TPSA) is 75.9 Å². The van der Waals surface area contributed by atoms with E-state index in [1.807, 2.05) is 41.4 Å². The van der Waals surface area contributed by atoms with Crippen LogP contribution in [0.15, 0.2) is 42.7 Å². The summed E-state index contributed by atoms with van der Waals surface area (Å²) in [6, 6.07) is 9.74. The molecule has 0 bridgehead atoms. The number of piperidine rings is 1. The van der Waals surface area contributed by atoms with Gasteiger partial charge in [-0.25, -0.2) is 4.98 Å². The number of hydrogen-bond acceptors (Lipinski definition) is 6. The van der Waals surface area contributed by atoms with E-state index in [0.717, 1.165) is 69.5 Å². The number of aromatic nitrogens is 4. The molecule has 0 N–H and O–H groups in total. The van der Waals surface area contributed by atoms with Crippen molar-refractivity contribution < 1.29 is 9.53 Å². The van der Waals surface area contributed by atoms with Crippen molar-refractivity contribution in [3.63, 3.8) is 0 Å². The first-order valence-corrected chi connectivity index (χ1v) is 10.2. The fraction of sp³-hybridized carbons (Fsp3) is 0.429. The molecular formula is C21H24N6O2. The number of hydrogen-bond donors (Lipinski definition) is 0. The number of likely N-dealkylation sites (tertiary alicyclic amines) is 1. The van der Waals surface area contributed by atoms with Crippen molar-refractivity contribution in [2.75, 3.05) is 44.3 Å². The van der Waals surface area contributed by atoms with Gasteiger partial charge >= 0.3 is 0 Å². The number of pyridine rings is 2. The summed E-state index contributed by atoms with van der Waals surface area (Å²) >= 11 is 0. The van der Waals surface area contributed by atoms with E-state index in [-0.39, 0.29) is 5.91 Å². The van der Waals surface area contributed by atoms with Crippen LogP contribution < -0.4 is 4.90 Å². The molecule has 1 amide bonds. The molecular weight excluding hydrogens is 368 g/mol. The fourth-order valence-corrected chi connectivity index (χ4v) is 4.15. The average molecular weight is 392 g/mol. The lowest BCUT2D eigenvalue weighted by Gasteiger charge is -2.31. The van der Waals surface area contributed by atoms with E-state index < -0.39 is 0 Å². The molecule has 0 unspecified atom stereocenters. The Hall–Kier alpha value is -3.00. The van der Waals surface area contributed by atoms with Crippen LogP contribution in [0.4, 0.5) is 5.82 Å². The average Bonchev–Trinajstić information content (AvgIpc) is 3.24. The molecule has 2 aliphatic rings. The van der Waals surface area contributed by atoms with Gasteiger partial charge in [-0.2, -0.15) is 0 Å². The van der Waals surface area contributed by atoms with Crippen LogP contribution in [0, 0.1) is 0 Å². The molecule has 8 nitrogen and oxygen atoms in total. The van der Waals surface area contributed by atoms with Crippen LogP contribution in [-0.2, 0) is 4.74 Å². The Morgan fingerprint density at radius 3 is 2.59 bits per heavy atom. The third kappa shape index (κ3) is 3.55. The van der Waals surface area contributed by atoms with Crippen molar-refractivity contribution in [1.29, 1.82) is 0 Å². The molecule has 0 saturated carbocycles. The zero-order valence-corrected chi connectivity index (χ0v) is 16.3. The van der Waals surface area contributed by atoms with E-state index >= 15 is 0 Å². The van der Waals surface area contributed by atoms with Gasteiger partial charge in [0.05, 0.1) is 18.8 Å². The smallest absolute Gasteiger partial charge is 0.255 e. The minimum atomic E-state index is 0.0515. The summed E-state index contributed by atoms with van der Waals surface area (Å²) in [7, 11) is 0. The number of carbonyl (C=O) groups excluding carboxylic acids is 1. The van der Waals surface area contributed by atoms with E-state index in [0.29, 0.717) is 11.5 Å². The zero-order valence-electron chi connectivity index (χ0n) is 16.3. The number of morpholine rings is 1. The van der Waals surface area contributed by atoms with Gasteiger partial charge in [0, 0.05) is 44.5 Å². The predicted molar refractivity (Wildman–Crippen MR) is 108 cm³/mol. The summed E-state index contributed by atoms with van der Waals surface area (Å²) in [6.45, 7) is 4.56. The zero-order chi connectivity index (χ0) is 19.6. The molecule has 3 aromatic rings. The normalized spacial score (nSPS) is 18.3. The first-order chi connectivity index (χ1) is 14.3. The quantitative estimate of drug-likeness (QED) is 0.679. The Labute approximate surface area is 169 Å². The summed E-state index contributed by atoms with van der Waals surface area (Å²) in [5.74, 6) is 2.26. The monoisotopic (exact) mass is 392 g/mol. The van der Waals surface area contributed by atoms with Gasteiger partial charge < -0.3 is 14.5 Å². The number of fused-ring (bicyclic) bond motifs is 1. The van der Waals surface area contributed by atoms with E-state index in [9.17, 15) is 4.79 Å². The molecule has 8 heteroatoms. The van der Waals surface area contributed by atoms with Crippen molar-refractivity contribution in [2.24, 2.45) is 0 Å². The number of anilines is 1. The van der Waals surface area contributed by atoms with Crippen LogP contribution in [0.5, 0.6) is 0 Å². The lowest BCUT2D eigenvalue weighted by Crippen LogP contribution is -2.38. The molecule has 0 spiro atoms. The molecule has 2 fully saturated rings. The molecule has 0 atom stereocenters. The molecule has 2 saturated heterocycles. The second-order valence-electron chi connectivity index (χ2n) is 7.56. The van der Waals surface area contributed by atoms with E-state index in [1.54, 1.807) is 6.20 Å². The van der Waals surface area contributed by atoms with Crippen LogP contribution in [0.3, 0.4) is 0 Å². The summed E-state index contributed by atoms with van der Waals surface area (Å²) in [5, 5.41) is 8.64. The Bertz CT molecular complexity index is 988. The number of nitrogens with zero attached hydrogens (tertiary/aromatic N) is 6. The second-order valence-corrected chi connectivity index (χ2v) is 7.56. The van der Waals surface area contributed by atoms with Gasteiger partial charge in [-0.3, -0.25) is 9.20 Å². The maximum atomic E-state index is 12.9. The highest BCUT2D eigenvalue weighted by molar-refractivity contribution is 5.94.